The van der Waals surface area contributed by atoms with Crippen molar-refractivity contribution in [3.63, 3.8) is 0 Å². The Bertz CT molecular complexity index is 425. The number of likely N-dealkylation sites (tertiary alicyclic amines) is 1. The zero-order valence-electron chi connectivity index (χ0n) is 11.7. The number of methoxy groups -OCH3 is 1. The first-order chi connectivity index (χ1) is 9.13. The molecule has 0 bridgehead atoms. The number of aryl methyl sites for hydroxylation is 1. The van der Waals surface area contributed by atoms with Crippen LogP contribution in [0.15, 0.2) is 22.7 Å². The number of halogens is 1. The fourth-order valence-corrected chi connectivity index (χ4v) is 3.58. The third kappa shape index (κ3) is 3.57. The van der Waals surface area contributed by atoms with Crippen molar-refractivity contribution in [1.29, 1.82) is 0 Å². The van der Waals surface area contributed by atoms with E-state index in [4.69, 9.17) is 10.5 Å². The first-order valence-corrected chi connectivity index (χ1v) is 7.67. The summed E-state index contributed by atoms with van der Waals surface area (Å²) in [5.41, 5.74) is 8.94. The molecule has 0 radical (unpaired) electrons. The second-order valence-electron chi connectivity index (χ2n) is 5.30. The molecule has 1 aliphatic heterocycles. The summed E-state index contributed by atoms with van der Waals surface area (Å²) in [6.45, 7) is 4.90. The molecule has 19 heavy (non-hydrogen) atoms. The van der Waals surface area contributed by atoms with Crippen molar-refractivity contribution in [3.05, 3.63) is 33.8 Å². The average molecular weight is 327 g/mol. The van der Waals surface area contributed by atoms with Gasteiger partial charge in [0.2, 0.25) is 0 Å². The van der Waals surface area contributed by atoms with Crippen LogP contribution in [0.2, 0.25) is 0 Å². The monoisotopic (exact) mass is 326 g/mol. The Morgan fingerprint density at radius 3 is 2.95 bits per heavy atom. The lowest BCUT2D eigenvalue weighted by molar-refractivity contribution is 0.0845. The van der Waals surface area contributed by atoms with E-state index in [0.717, 1.165) is 30.6 Å². The lowest BCUT2D eigenvalue weighted by Gasteiger charge is -2.40. The maximum Gasteiger partial charge on any atom is 0.0589 e. The van der Waals surface area contributed by atoms with Gasteiger partial charge in [-0.3, -0.25) is 4.90 Å². The number of hydrogen-bond donors (Lipinski definition) is 1. The van der Waals surface area contributed by atoms with Crippen LogP contribution in [0.5, 0.6) is 0 Å². The van der Waals surface area contributed by atoms with Crippen molar-refractivity contribution in [2.75, 3.05) is 26.8 Å². The van der Waals surface area contributed by atoms with Gasteiger partial charge < -0.3 is 10.5 Å². The minimum atomic E-state index is 0.199. The van der Waals surface area contributed by atoms with Gasteiger partial charge in [0.1, 0.15) is 0 Å². The van der Waals surface area contributed by atoms with Gasteiger partial charge in [0, 0.05) is 24.2 Å². The van der Waals surface area contributed by atoms with Crippen molar-refractivity contribution >= 4 is 15.9 Å². The van der Waals surface area contributed by atoms with E-state index >= 15 is 0 Å². The summed E-state index contributed by atoms with van der Waals surface area (Å²) in [7, 11) is 1.75. The number of hydrogen-bond acceptors (Lipinski definition) is 3. The van der Waals surface area contributed by atoms with E-state index in [1.807, 2.05) is 0 Å². The summed E-state index contributed by atoms with van der Waals surface area (Å²) in [6, 6.07) is 7.03. The van der Waals surface area contributed by atoms with E-state index < -0.39 is 0 Å². The smallest absolute Gasteiger partial charge is 0.0589 e. The van der Waals surface area contributed by atoms with Crippen LogP contribution >= 0.6 is 15.9 Å². The van der Waals surface area contributed by atoms with Gasteiger partial charge in [-0.2, -0.15) is 0 Å². The Balaban J connectivity index is 2.25. The normalized spacial score (nSPS) is 24.6. The molecular weight excluding hydrogens is 304 g/mol. The van der Waals surface area contributed by atoms with Crippen LogP contribution in [-0.2, 0) is 4.74 Å². The van der Waals surface area contributed by atoms with Crippen LogP contribution in [0.3, 0.4) is 0 Å². The van der Waals surface area contributed by atoms with Gasteiger partial charge in [0.25, 0.3) is 0 Å². The van der Waals surface area contributed by atoms with E-state index in [-0.39, 0.29) is 6.04 Å². The molecule has 1 aromatic rings. The molecule has 1 heterocycles. The van der Waals surface area contributed by atoms with Crippen LogP contribution < -0.4 is 5.73 Å². The predicted octanol–water partition coefficient (Wildman–Crippen LogP) is 2.87. The standard InChI is InChI=1S/C15H23BrN2O/c1-11-5-6-12(13(16)10-11)15-14(17)4-3-7-18(15)8-9-19-2/h5-6,10,14-15H,3-4,7-9,17H2,1-2H3. The second-order valence-corrected chi connectivity index (χ2v) is 6.16. The molecule has 1 fully saturated rings. The van der Waals surface area contributed by atoms with Crippen molar-refractivity contribution < 1.29 is 4.74 Å². The maximum absolute atomic E-state index is 6.38. The highest BCUT2D eigenvalue weighted by molar-refractivity contribution is 9.10. The summed E-state index contributed by atoms with van der Waals surface area (Å²) < 4.78 is 6.38. The number of rotatable bonds is 4. The second kappa shape index (κ2) is 6.84. The first kappa shape index (κ1) is 15.0. The average Bonchev–Trinajstić information content (AvgIpc) is 2.37. The van der Waals surface area contributed by atoms with E-state index in [1.165, 1.54) is 17.5 Å². The maximum atomic E-state index is 6.38. The number of benzene rings is 1. The molecule has 0 amide bonds. The fraction of sp³-hybridized carbons (Fsp3) is 0.600. The molecule has 2 unspecified atom stereocenters. The number of ether oxygens (including phenoxy) is 1. The lowest BCUT2D eigenvalue weighted by atomic mass is 9.90. The summed E-state index contributed by atoms with van der Waals surface area (Å²) in [5, 5.41) is 0. The third-order valence-electron chi connectivity index (χ3n) is 3.84. The van der Waals surface area contributed by atoms with Gasteiger partial charge in [-0.15, -0.1) is 0 Å². The van der Waals surface area contributed by atoms with Crippen LogP contribution in [0.25, 0.3) is 0 Å². The number of nitrogens with zero attached hydrogens (tertiary/aromatic N) is 1. The molecular formula is C15H23BrN2O. The summed E-state index contributed by atoms with van der Waals surface area (Å²) in [6.07, 6.45) is 2.26. The van der Waals surface area contributed by atoms with Crippen LogP contribution in [0.4, 0.5) is 0 Å². The first-order valence-electron chi connectivity index (χ1n) is 6.88. The van der Waals surface area contributed by atoms with E-state index in [0.29, 0.717) is 6.04 Å². The van der Waals surface area contributed by atoms with E-state index in [1.54, 1.807) is 7.11 Å². The van der Waals surface area contributed by atoms with Gasteiger partial charge in [0.15, 0.2) is 0 Å². The van der Waals surface area contributed by atoms with Gasteiger partial charge in [-0.1, -0.05) is 28.1 Å². The topological polar surface area (TPSA) is 38.5 Å². The molecule has 0 aliphatic carbocycles. The van der Waals surface area contributed by atoms with Gasteiger partial charge in [-0.25, -0.2) is 0 Å². The number of piperidine rings is 1. The highest BCUT2D eigenvalue weighted by Crippen LogP contribution is 2.34. The molecule has 3 nitrogen and oxygen atoms in total. The summed E-state index contributed by atoms with van der Waals surface area (Å²) in [5.74, 6) is 0. The fourth-order valence-electron chi connectivity index (χ4n) is 2.86. The van der Waals surface area contributed by atoms with Crippen molar-refractivity contribution in [2.24, 2.45) is 5.73 Å². The van der Waals surface area contributed by atoms with E-state index in [2.05, 4.69) is 46.0 Å². The Morgan fingerprint density at radius 2 is 2.26 bits per heavy atom. The van der Waals surface area contributed by atoms with E-state index in [9.17, 15) is 0 Å². The summed E-state index contributed by atoms with van der Waals surface area (Å²) >= 11 is 3.69. The highest BCUT2D eigenvalue weighted by atomic mass is 79.9. The van der Waals surface area contributed by atoms with Gasteiger partial charge in [-0.05, 0) is 43.5 Å². The highest BCUT2D eigenvalue weighted by Gasteiger charge is 2.31. The minimum Gasteiger partial charge on any atom is -0.383 e. The van der Waals surface area contributed by atoms with Crippen LogP contribution in [0.1, 0.15) is 30.0 Å². The molecule has 0 aromatic heterocycles. The van der Waals surface area contributed by atoms with Gasteiger partial charge >= 0.3 is 0 Å². The van der Waals surface area contributed by atoms with Crippen molar-refractivity contribution in [2.45, 2.75) is 31.8 Å². The zero-order chi connectivity index (χ0) is 13.8. The van der Waals surface area contributed by atoms with Crippen LogP contribution in [0, 0.1) is 6.92 Å². The molecule has 0 saturated carbocycles. The Labute approximate surface area is 124 Å². The number of nitrogens with two attached hydrogens (primary N) is 1. The largest absolute Gasteiger partial charge is 0.383 e. The minimum absolute atomic E-state index is 0.199. The Morgan fingerprint density at radius 1 is 1.47 bits per heavy atom. The molecule has 0 spiro atoms. The zero-order valence-corrected chi connectivity index (χ0v) is 13.3. The molecule has 2 rings (SSSR count). The van der Waals surface area contributed by atoms with Crippen molar-refractivity contribution in [3.8, 4) is 0 Å². The molecule has 4 heteroatoms. The van der Waals surface area contributed by atoms with Gasteiger partial charge in [0.05, 0.1) is 12.6 Å². The summed E-state index contributed by atoms with van der Waals surface area (Å²) in [4.78, 5) is 2.45. The molecule has 1 saturated heterocycles. The molecule has 2 N–H and O–H groups in total. The third-order valence-corrected chi connectivity index (χ3v) is 4.53. The quantitative estimate of drug-likeness (QED) is 0.924. The van der Waals surface area contributed by atoms with Crippen molar-refractivity contribution in [1.82, 2.24) is 4.90 Å². The molecule has 106 valence electrons. The SMILES string of the molecule is COCCN1CCCC(N)C1c1ccc(C)cc1Br. The van der Waals surface area contributed by atoms with Crippen LogP contribution in [-0.4, -0.2) is 37.7 Å². The lowest BCUT2D eigenvalue weighted by Crippen LogP contribution is -2.47. The molecule has 1 aliphatic rings. The Kier molecular flexibility index (Phi) is 5.39. The Hall–Kier alpha value is -0.420. The predicted molar refractivity (Wildman–Crippen MR) is 82.3 cm³/mol. The molecule has 1 aromatic carbocycles. The molecule has 2 atom stereocenters.